The van der Waals surface area contributed by atoms with Crippen LogP contribution in [0.2, 0.25) is 5.02 Å². The first kappa shape index (κ1) is 26.0. The van der Waals surface area contributed by atoms with Crippen molar-refractivity contribution in [2.24, 2.45) is 0 Å². The number of ether oxygens (including phenoxy) is 1. The third kappa shape index (κ3) is 6.40. The van der Waals surface area contributed by atoms with E-state index in [9.17, 15) is 13.2 Å². The number of anilines is 1. The van der Waals surface area contributed by atoms with Crippen LogP contribution >= 0.6 is 22.9 Å². The molecule has 0 saturated carbocycles. The van der Waals surface area contributed by atoms with Gasteiger partial charge >= 0.3 is 0 Å². The predicted molar refractivity (Wildman–Crippen MR) is 141 cm³/mol. The predicted octanol–water partition coefficient (Wildman–Crippen LogP) is 4.49. The molecule has 0 radical (unpaired) electrons. The number of fused-ring (bicyclic) bond motifs is 1. The summed E-state index contributed by atoms with van der Waals surface area (Å²) in [5.41, 5.74) is 3.06. The van der Waals surface area contributed by atoms with E-state index in [2.05, 4.69) is 11.0 Å². The van der Waals surface area contributed by atoms with Gasteiger partial charge in [0.2, 0.25) is 5.91 Å². The SMILES string of the molecule is Cc1ccc(C)c2sc(N(CCCN3CCOCC3)C(=O)CCS(=O)(=O)c3ccc(Cl)cc3)nc12. The maximum Gasteiger partial charge on any atom is 0.229 e. The highest BCUT2D eigenvalue weighted by Crippen LogP contribution is 2.33. The molecule has 2 aromatic carbocycles. The standard InChI is InChI=1S/C25H30ClN3O4S2/c1-18-4-5-19(2)24-23(18)27-25(34-24)29(12-3-11-28-13-15-33-16-14-28)22(30)10-17-35(31,32)21-8-6-20(26)7-9-21/h4-9H,3,10-17H2,1-2H3. The number of carbonyl (C=O) groups excluding carboxylic acids is 1. The first-order valence-corrected chi connectivity index (χ1v) is 14.5. The average molecular weight is 536 g/mol. The first-order valence-electron chi connectivity index (χ1n) is 11.7. The zero-order valence-corrected chi connectivity index (χ0v) is 22.4. The molecule has 1 amide bonds. The van der Waals surface area contributed by atoms with Gasteiger partial charge in [-0.05, 0) is 55.7 Å². The highest BCUT2D eigenvalue weighted by atomic mass is 35.5. The highest BCUT2D eigenvalue weighted by Gasteiger charge is 2.24. The van der Waals surface area contributed by atoms with Crippen molar-refractivity contribution in [3.8, 4) is 0 Å². The first-order chi connectivity index (χ1) is 16.7. The fourth-order valence-electron chi connectivity index (χ4n) is 4.08. The second-order valence-corrected chi connectivity index (χ2v) is 12.3. The lowest BCUT2D eigenvalue weighted by Crippen LogP contribution is -2.39. The van der Waals surface area contributed by atoms with Crippen molar-refractivity contribution in [1.29, 1.82) is 0 Å². The molecule has 0 atom stereocenters. The van der Waals surface area contributed by atoms with Crippen LogP contribution in [0.1, 0.15) is 24.0 Å². The normalized spacial score (nSPS) is 14.9. The van der Waals surface area contributed by atoms with E-state index in [1.165, 1.54) is 23.5 Å². The summed E-state index contributed by atoms with van der Waals surface area (Å²) >= 11 is 7.38. The monoisotopic (exact) mass is 535 g/mol. The van der Waals surface area contributed by atoms with Crippen molar-refractivity contribution >= 4 is 54.0 Å². The third-order valence-electron chi connectivity index (χ3n) is 6.18. The van der Waals surface area contributed by atoms with Gasteiger partial charge in [0.15, 0.2) is 15.0 Å². The number of benzene rings is 2. The number of aryl methyl sites for hydroxylation is 2. The van der Waals surface area contributed by atoms with Gasteiger partial charge in [-0.1, -0.05) is 35.1 Å². The minimum absolute atomic E-state index is 0.115. The van der Waals surface area contributed by atoms with E-state index in [0.717, 1.165) is 60.6 Å². The molecule has 0 aliphatic carbocycles. The van der Waals surface area contributed by atoms with E-state index in [-0.39, 0.29) is 23.0 Å². The zero-order chi connectivity index (χ0) is 25.0. The summed E-state index contributed by atoms with van der Waals surface area (Å²) in [5, 5.41) is 1.08. The average Bonchev–Trinajstić information content (AvgIpc) is 3.30. The van der Waals surface area contributed by atoms with Crippen molar-refractivity contribution in [1.82, 2.24) is 9.88 Å². The molecule has 1 fully saturated rings. The summed E-state index contributed by atoms with van der Waals surface area (Å²) in [6.45, 7) is 8.58. The van der Waals surface area contributed by atoms with Gasteiger partial charge in [0.1, 0.15) is 0 Å². The van der Waals surface area contributed by atoms with Gasteiger partial charge in [-0.3, -0.25) is 14.6 Å². The second-order valence-electron chi connectivity index (χ2n) is 8.75. The van der Waals surface area contributed by atoms with Crippen molar-refractivity contribution in [3.63, 3.8) is 0 Å². The molecule has 0 unspecified atom stereocenters. The molecule has 35 heavy (non-hydrogen) atoms. The maximum absolute atomic E-state index is 13.4. The lowest BCUT2D eigenvalue weighted by atomic mass is 10.1. The fraction of sp³-hybridized carbons (Fsp3) is 0.440. The van der Waals surface area contributed by atoms with Crippen LogP contribution in [-0.2, 0) is 19.4 Å². The number of rotatable bonds is 9. The molecule has 1 saturated heterocycles. The fourth-order valence-corrected chi connectivity index (χ4v) is 6.60. The molecule has 1 aromatic heterocycles. The Morgan fingerprint density at radius 2 is 1.80 bits per heavy atom. The summed E-state index contributed by atoms with van der Waals surface area (Å²) in [6.07, 6.45) is 0.653. The van der Waals surface area contributed by atoms with Gasteiger partial charge in [-0.25, -0.2) is 13.4 Å². The van der Waals surface area contributed by atoms with Crippen LogP contribution < -0.4 is 4.90 Å². The Morgan fingerprint density at radius 3 is 2.49 bits per heavy atom. The molecule has 0 bridgehead atoms. The van der Waals surface area contributed by atoms with Gasteiger partial charge in [0, 0.05) is 37.6 Å². The van der Waals surface area contributed by atoms with Crippen molar-refractivity contribution in [2.45, 2.75) is 31.6 Å². The minimum atomic E-state index is -3.61. The van der Waals surface area contributed by atoms with Crippen molar-refractivity contribution in [3.05, 3.63) is 52.5 Å². The van der Waals surface area contributed by atoms with Gasteiger partial charge in [0.05, 0.1) is 34.1 Å². The molecule has 1 aliphatic rings. The second kappa shape index (κ2) is 11.3. The summed E-state index contributed by atoms with van der Waals surface area (Å²) in [6, 6.07) is 10.1. The van der Waals surface area contributed by atoms with Crippen LogP contribution in [0.25, 0.3) is 10.2 Å². The number of sulfone groups is 1. The Morgan fingerprint density at radius 1 is 1.11 bits per heavy atom. The summed E-state index contributed by atoms with van der Waals surface area (Å²) in [5.74, 6) is -0.505. The summed E-state index contributed by atoms with van der Waals surface area (Å²) in [4.78, 5) is 22.3. The Hall–Kier alpha value is -2.04. The van der Waals surface area contributed by atoms with Crippen LogP contribution in [0.5, 0.6) is 0 Å². The summed E-state index contributed by atoms with van der Waals surface area (Å²) in [7, 11) is -3.61. The number of hydrogen-bond acceptors (Lipinski definition) is 7. The van der Waals surface area contributed by atoms with E-state index < -0.39 is 9.84 Å². The summed E-state index contributed by atoms with van der Waals surface area (Å²) < 4.78 is 32.1. The number of hydrogen-bond donors (Lipinski definition) is 0. The van der Waals surface area contributed by atoms with Crippen LogP contribution in [0, 0.1) is 13.8 Å². The number of halogens is 1. The maximum atomic E-state index is 13.4. The van der Waals surface area contributed by atoms with Gasteiger partial charge in [0.25, 0.3) is 0 Å². The van der Waals surface area contributed by atoms with Crippen molar-refractivity contribution in [2.75, 3.05) is 50.0 Å². The van der Waals surface area contributed by atoms with E-state index in [1.54, 1.807) is 17.0 Å². The number of carbonyl (C=O) groups is 1. The Bertz CT molecular complexity index is 1250. The topological polar surface area (TPSA) is 79.8 Å². The minimum Gasteiger partial charge on any atom is -0.379 e. The highest BCUT2D eigenvalue weighted by molar-refractivity contribution is 7.91. The van der Waals surface area contributed by atoms with Crippen LogP contribution in [0.4, 0.5) is 5.13 Å². The lowest BCUT2D eigenvalue weighted by Gasteiger charge is -2.27. The Labute approximate surface area is 215 Å². The molecule has 4 rings (SSSR count). The van der Waals surface area contributed by atoms with E-state index >= 15 is 0 Å². The molecule has 0 N–H and O–H groups in total. The van der Waals surface area contributed by atoms with E-state index in [1.807, 2.05) is 19.9 Å². The van der Waals surface area contributed by atoms with Crippen LogP contribution in [0.15, 0.2) is 41.3 Å². The van der Waals surface area contributed by atoms with Crippen LogP contribution in [-0.4, -0.2) is 69.4 Å². The largest absolute Gasteiger partial charge is 0.379 e. The number of morpholine rings is 1. The van der Waals surface area contributed by atoms with Crippen molar-refractivity contribution < 1.29 is 17.9 Å². The lowest BCUT2D eigenvalue weighted by molar-refractivity contribution is -0.118. The number of thiazole rings is 1. The molecule has 0 spiro atoms. The van der Waals surface area contributed by atoms with Gasteiger partial charge in [-0.2, -0.15) is 0 Å². The molecule has 7 nitrogen and oxygen atoms in total. The molecule has 1 aliphatic heterocycles. The molecule has 188 valence electrons. The van der Waals surface area contributed by atoms with E-state index in [4.69, 9.17) is 21.3 Å². The third-order valence-corrected chi connectivity index (χ3v) is 9.38. The zero-order valence-electron chi connectivity index (χ0n) is 20.0. The Kier molecular flexibility index (Phi) is 8.44. The van der Waals surface area contributed by atoms with Gasteiger partial charge in [-0.15, -0.1) is 0 Å². The molecule has 3 aromatic rings. The molecule has 2 heterocycles. The number of aromatic nitrogens is 1. The molecular formula is C25H30ClN3O4S2. The smallest absolute Gasteiger partial charge is 0.229 e. The quantitative estimate of drug-likeness (QED) is 0.402. The van der Waals surface area contributed by atoms with Crippen LogP contribution in [0.3, 0.4) is 0 Å². The molecule has 10 heteroatoms. The molecular weight excluding hydrogens is 506 g/mol. The Balaban J connectivity index is 1.52. The number of amides is 1. The van der Waals surface area contributed by atoms with Gasteiger partial charge < -0.3 is 4.74 Å². The number of nitrogens with zero attached hydrogens (tertiary/aromatic N) is 3. The van der Waals surface area contributed by atoms with E-state index in [0.29, 0.717) is 16.7 Å².